The van der Waals surface area contributed by atoms with Gasteiger partial charge in [0.05, 0.1) is 18.8 Å². The van der Waals surface area contributed by atoms with E-state index in [0.29, 0.717) is 47.5 Å². The maximum Gasteiger partial charge on any atom is 0.409 e. The molecule has 0 unspecified atom stereocenters. The Labute approximate surface area is 207 Å². The normalized spacial score (nSPS) is 48.2. The van der Waals surface area contributed by atoms with E-state index in [1.165, 1.54) is 25.7 Å². The SMILES string of the molecule is CC[C@H]1[C@@H](O)[C@@H]2[C@H](CC[C@]3(C)[C@@H](CCCOC(=O)N4CCCC4)CC[C@@H]23)[C@@]2(C)CC[C@@H](O)C[C@@H]12. The van der Waals surface area contributed by atoms with Crippen LogP contribution in [0.25, 0.3) is 0 Å². The second-order valence-electron chi connectivity index (χ2n) is 13.2. The van der Waals surface area contributed by atoms with Crippen LogP contribution in [-0.2, 0) is 4.74 Å². The average molecular weight is 476 g/mol. The molecule has 194 valence electrons. The summed E-state index contributed by atoms with van der Waals surface area (Å²) in [5.41, 5.74) is 0.573. The van der Waals surface area contributed by atoms with Gasteiger partial charge in [0.25, 0.3) is 0 Å². The summed E-state index contributed by atoms with van der Waals surface area (Å²) in [7, 11) is 0. The first-order valence-electron chi connectivity index (χ1n) is 14.6. The third-order valence-electron chi connectivity index (χ3n) is 11.9. The highest BCUT2D eigenvalue weighted by Crippen LogP contribution is 2.69. The third-order valence-corrected chi connectivity index (χ3v) is 11.9. The summed E-state index contributed by atoms with van der Waals surface area (Å²) < 4.78 is 5.59. The van der Waals surface area contributed by atoms with Gasteiger partial charge in [-0.2, -0.15) is 0 Å². The van der Waals surface area contributed by atoms with Crippen molar-refractivity contribution in [3.05, 3.63) is 0 Å². The second-order valence-corrected chi connectivity index (χ2v) is 13.2. The van der Waals surface area contributed by atoms with E-state index >= 15 is 0 Å². The maximum atomic E-state index is 12.2. The molecule has 0 radical (unpaired) electrons. The molecule has 10 atom stereocenters. The molecule has 5 heteroatoms. The highest BCUT2D eigenvalue weighted by molar-refractivity contribution is 5.67. The first-order valence-corrected chi connectivity index (χ1v) is 14.6. The van der Waals surface area contributed by atoms with Gasteiger partial charge in [0, 0.05) is 13.1 Å². The summed E-state index contributed by atoms with van der Waals surface area (Å²) >= 11 is 0. The molecule has 34 heavy (non-hydrogen) atoms. The van der Waals surface area contributed by atoms with Crippen LogP contribution in [0, 0.1) is 46.3 Å². The highest BCUT2D eigenvalue weighted by atomic mass is 16.6. The summed E-state index contributed by atoms with van der Waals surface area (Å²) in [4.78, 5) is 14.1. The zero-order valence-electron chi connectivity index (χ0n) is 21.9. The topological polar surface area (TPSA) is 70.0 Å². The molecule has 4 saturated carbocycles. The minimum Gasteiger partial charge on any atom is -0.449 e. The van der Waals surface area contributed by atoms with Crippen LogP contribution in [0.1, 0.15) is 97.8 Å². The standard InChI is InChI=1S/C29H49NO4/c1-4-21-24-18-20(31)11-13-29(24,3)23-12-14-28(2)19(9-10-22(28)25(23)26(21)32)8-7-17-34-27(33)30-15-5-6-16-30/h19-26,31-32H,4-18H2,1-3H3/t19-,20+,21+,22-,23-,24-,25-,26+,28+,29+/m0/s1. The Morgan fingerprint density at radius 2 is 1.68 bits per heavy atom. The van der Waals surface area contributed by atoms with E-state index in [1.54, 1.807) is 0 Å². The molecule has 0 aromatic carbocycles. The molecule has 1 saturated heterocycles. The Morgan fingerprint density at radius 1 is 0.971 bits per heavy atom. The quantitative estimate of drug-likeness (QED) is 0.506. The number of rotatable bonds is 5. The Morgan fingerprint density at radius 3 is 2.41 bits per heavy atom. The number of fused-ring (bicyclic) bond motifs is 5. The summed E-state index contributed by atoms with van der Waals surface area (Å²) in [6.07, 6.45) is 12.7. The lowest BCUT2D eigenvalue weighted by Gasteiger charge is -2.64. The van der Waals surface area contributed by atoms with Gasteiger partial charge in [0.1, 0.15) is 0 Å². The van der Waals surface area contributed by atoms with Gasteiger partial charge in [-0.25, -0.2) is 4.79 Å². The first-order chi connectivity index (χ1) is 16.3. The van der Waals surface area contributed by atoms with Gasteiger partial charge >= 0.3 is 6.09 Å². The zero-order valence-corrected chi connectivity index (χ0v) is 21.9. The van der Waals surface area contributed by atoms with Crippen LogP contribution < -0.4 is 0 Å². The summed E-state index contributed by atoms with van der Waals surface area (Å²) in [5, 5.41) is 22.3. The van der Waals surface area contributed by atoms with Crippen molar-refractivity contribution in [1.82, 2.24) is 4.90 Å². The van der Waals surface area contributed by atoms with Gasteiger partial charge in [-0.15, -0.1) is 0 Å². The number of carbonyl (C=O) groups is 1. The van der Waals surface area contributed by atoms with Gasteiger partial charge < -0.3 is 19.8 Å². The number of hydrogen-bond acceptors (Lipinski definition) is 4. The summed E-state index contributed by atoms with van der Waals surface area (Å²) in [6.45, 7) is 9.53. The van der Waals surface area contributed by atoms with Crippen molar-refractivity contribution in [2.75, 3.05) is 19.7 Å². The van der Waals surface area contributed by atoms with Crippen LogP contribution in [0.2, 0.25) is 0 Å². The summed E-state index contributed by atoms with van der Waals surface area (Å²) in [5.74, 6) is 3.09. The molecular weight excluding hydrogens is 426 g/mol. The number of aliphatic hydroxyl groups is 2. The molecule has 1 aliphatic heterocycles. The fourth-order valence-corrected chi connectivity index (χ4v) is 10.0. The minimum absolute atomic E-state index is 0.121. The molecule has 5 rings (SSSR count). The van der Waals surface area contributed by atoms with Gasteiger partial charge in [-0.1, -0.05) is 27.2 Å². The Bertz CT molecular complexity index is 738. The van der Waals surface area contributed by atoms with Gasteiger partial charge in [-0.05, 0) is 117 Å². The predicted molar refractivity (Wildman–Crippen MR) is 133 cm³/mol. The van der Waals surface area contributed by atoms with Gasteiger partial charge in [0.2, 0.25) is 0 Å². The zero-order chi connectivity index (χ0) is 24.1. The molecule has 2 N–H and O–H groups in total. The van der Waals surface area contributed by atoms with E-state index < -0.39 is 0 Å². The molecular formula is C29H49NO4. The van der Waals surface area contributed by atoms with E-state index in [0.717, 1.165) is 64.5 Å². The number of nitrogens with zero attached hydrogens (tertiary/aromatic N) is 1. The number of hydrogen-bond donors (Lipinski definition) is 2. The van der Waals surface area contributed by atoms with Crippen LogP contribution in [0.4, 0.5) is 4.79 Å². The molecule has 0 aromatic rings. The van der Waals surface area contributed by atoms with Crippen molar-refractivity contribution in [2.24, 2.45) is 46.3 Å². The average Bonchev–Trinajstić information content (AvgIpc) is 3.46. The first kappa shape index (κ1) is 24.9. The molecule has 5 fully saturated rings. The Kier molecular flexibility index (Phi) is 7.00. The van der Waals surface area contributed by atoms with Crippen LogP contribution in [0.3, 0.4) is 0 Å². The number of carbonyl (C=O) groups excluding carboxylic acids is 1. The largest absolute Gasteiger partial charge is 0.449 e. The predicted octanol–water partition coefficient (Wildman–Crippen LogP) is 5.63. The van der Waals surface area contributed by atoms with E-state index in [2.05, 4.69) is 20.8 Å². The molecule has 5 nitrogen and oxygen atoms in total. The number of ether oxygens (including phenoxy) is 1. The van der Waals surface area contributed by atoms with Crippen LogP contribution in [0.5, 0.6) is 0 Å². The number of amides is 1. The number of likely N-dealkylation sites (tertiary alicyclic amines) is 1. The van der Waals surface area contributed by atoms with Crippen LogP contribution in [-0.4, -0.2) is 53.1 Å². The van der Waals surface area contributed by atoms with E-state index in [1.807, 2.05) is 4.90 Å². The van der Waals surface area contributed by atoms with Crippen LogP contribution >= 0.6 is 0 Å². The van der Waals surface area contributed by atoms with E-state index in [-0.39, 0.29) is 23.7 Å². The third kappa shape index (κ3) is 4.01. The summed E-state index contributed by atoms with van der Waals surface area (Å²) in [6, 6.07) is 0. The smallest absolute Gasteiger partial charge is 0.409 e. The molecule has 1 amide bonds. The maximum absolute atomic E-state index is 12.2. The van der Waals surface area contributed by atoms with Crippen molar-refractivity contribution >= 4 is 6.09 Å². The fraction of sp³-hybridized carbons (Fsp3) is 0.966. The second kappa shape index (κ2) is 9.57. The molecule has 0 spiro atoms. The molecule has 4 aliphatic carbocycles. The van der Waals surface area contributed by atoms with Crippen LogP contribution in [0.15, 0.2) is 0 Å². The minimum atomic E-state index is -0.219. The molecule has 0 aromatic heterocycles. The van der Waals surface area contributed by atoms with Gasteiger partial charge in [0.15, 0.2) is 0 Å². The molecule has 5 aliphatic rings. The van der Waals surface area contributed by atoms with Crippen molar-refractivity contribution < 1.29 is 19.7 Å². The lowest BCUT2D eigenvalue weighted by molar-refractivity contribution is -0.202. The lowest BCUT2D eigenvalue weighted by atomic mass is 9.41. The van der Waals surface area contributed by atoms with Gasteiger partial charge in [-0.3, -0.25) is 0 Å². The molecule has 0 bridgehead atoms. The Hall–Kier alpha value is -0.810. The van der Waals surface area contributed by atoms with Crippen molar-refractivity contribution in [2.45, 2.75) is 110 Å². The monoisotopic (exact) mass is 475 g/mol. The van der Waals surface area contributed by atoms with Crippen molar-refractivity contribution in [1.29, 1.82) is 0 Å². The lowest BCUT2D eigenvalue weighted by Crippen LogP contribution is -2.62. The van der Waals surface area contributed by atoms with Crippen molar-refractivity contribution in [3.63, 3.8) is 0 Å². The highest BCUT2D eigenvalue weighted by Gasteiger charge is 2.64. The van der Waals surface area contributed by atoms with E-state index in [9.17, 15) is 15.0 Å². The molecule has 1 heterocycles. The fourth-order valence-electron chi connectivity index (χ4n) is 10.0. The van der Waals surface area contributed by atoms with Crippen molar-refractivity contribution in [3.8, 4) is 0 Å². The van der Waals surface area contributed by atoms with E-state index in [4.69, 9.17) is 4.74 Å². The number of aliphatic hydroxyl groups excluding tert-OH is 2. The Balaban J connectivity index is 1.25.